The van der Waals surface area contributed by atoms with Gasteiger partial charge >= 0.3 is 0 Å². The first-order valence-electron chi connectivity index (χ1n) is 5.40. The Morgan fingerprint density at radius 3 is 2.62 bits per heavy atom. The van der Waals surface area contributed by atoms with Gasteiger partial charge < -0.3 is 21.1 Å². The fraction of sp³-hybridized carbons (Fsp3) is 0.800. The van der Waals surface area contributed by atoms with Crippen LogP contribution in [0.5, 0.6) is 0 Å². The van der Waals surface area contributed by atoms with Crippen LogP contribution in [0.4, 0.5) is 0 Å². The van der Waals surface area contributed by atoms with Crippen LogP contribution in [0.3, 0.4) is 0 Å². The lowest BCUT2D eigenvalue weighted by Gasteiger charge is -2.11. The Hall–Kier alpha value is -1.14. The van der Waals surface area contributed by atoms with Crippen molar-refractivity contribution >= 4 is 11.8 Å². The van der Waals surface area contributed by atoms with E-state index in [4.69, 9.17) is 10.5 Å². The zero-order valence-electron chi connectivity index (χ0n) is 9.91. The molecule has 2 amide bonds. The molecule has 16 heavy (non-hydrogen) atoms. The Balaban J connectivity index is 3.66. The van der Waals surface area contributed by atoms with Crippen molar-refractivity contribution in [2.75, 3.05) is 26.8 Å². The van der Waals surface area contributed by atoms with E-state index in [1.165, 1.54) is 0 Å². The highest BCUT2D eigenvalue weighted by atomic mass is 16.5. The molecule has 0 aliphatic heterocycles. The van der Waals surface area contributed by atoms with E-state index in [1.807, 2.05) is 6.92 Å². The molecule has 0 radical (unpaired) electrons. The van der Waals surface area contributed by atoms with Crippen molar-refractivity contribution < 1.29 is 14.3 Å². The summed E-state index contributed by atoms with van der Waals surface area (Å²) in [6.07, 6.45) is 1.31. The molecule has 0 rings (SSSR count). The maximum Gasteiger partial charge on any atom is 0.239 e. The number of rotatable bonds is 8. The molecule has 0 heterocycles. The monoisotopic (exact) mass is 231 g/mol. The summed E-state index contributed by atoms with van der Waals surface area (Å²) in [7, 11) is 1.54. The zero-order chi connectivity index (χ0) is 12.4. The van der Waals surface area contributed by atoms with Crippen LogP contribution in [0.25, 0.3) is 0 Å². The molecular weight excluding hydrogens is 210 g/mol. The van der Waals surface area contributed by atoms with Crippen LogP contribution in [-0.4, -0.2) is 44.7 Å². The number of nitrogens with one attached hydrogen (secondary N) is 2. The van der Waals surface area contributed by atoms with Gasteiger partial charge in [0.25, 0.3) is 0 Å². The van der Waals surface area contributed by atoms with Gasteiger partial charge in [-0.25, -0.2) is 0 Å². The molecule has 94 valence electrons. The van der Waals surface area contributed by atoms with Gasteiger partial charge in [-0.3, -0.25) is 9.59 Å². The lowest BCUT2D eigenvalue weighted by atomic mass is 10.2. The maximum atomic E-state index is 11.4. The molecule has 6 nitrogen and oxygen atoms in total. The van der Waals surface area contributed by atoms with Gasteiger partial charge in [0.2, 0.25) is 11.8 Å². The Labute approximate surface area is 95.9 Å². The van der Waals surface area contributed by atoms with Crippen molar-refractivity contribution in [1.29, 1.82) is 0 Å². The Morgan fingerprint density at radius 2 is 2.06 bits per heavy atom. The maximum absolute atomic E-state index is 11.4. The van der Waals surface area contributed by atoms with Crippen LogP contribution < -0.4 is 16.4 Å². The number of hydrogen-bond donors (Lipinski definition) is 3. The predicted molar refractivity (Wildman–Crippen MR) is 60.8 cm³/mol. The van der Waals surface area contributed by atoms with Crippen LogP contribution in [0, 0.1) is 0 Å². The second-order valence-electron chi connectivity index (χ2n) is 3.46. The molecule has 0 aliphatic rings. The predicted octanol–water partition coefficient (Wildman–Crippen LogP) is -1.01. The van der Waals surface area contributed by atoms with Crippen LogP contribution in [-0.2, 0) is 14.3 Å². The van der Waals surface area contributed by atoms with E-state index in [2.05, 4.69) is 10.6 Å². The summed E-state index contributed by atoms with van der Waals surface area (Å²) in [5.41, 5.74) is 5.57. The molecule has 0 bridgehead atoms. The van der Waals surface area contributed by atoms with Crippen molar-refractivity contribution in [3.8, 4) is 0 Å². The summed E-state index contributed by atoms with van der Waals surface area (Å²) in [5.74, 6) is -0.530. The first-order valence-corrected chi connectivity index (χ1v) is 5.40. The topological polar surface area (TPSA) is 93.5 Å². The number of amides is 2. The third-order valence-corrected chi connectivity index (χ3v) is 1.97. The van der Waals surface area contributed by atoms with Gasteiger partial charge in [0, 0.05) is 20.3 Å². The van der Waals surface area contributed by atoms with E-state index in [9.17, 15) is 9.59 Å². The molecule has 0 fully saturated rings. The van der Waals surface area contributed by atoms with E-state index in [0.29, 0.717) is 19.6 Å². The van der Waals surface area contributed by atoms with E-state index in [-0.39, 0.29) is 18.4 Å². The number of nitrogens with two attached hydrogens (primary N) is 1. The fourth-order valence-electron chi connectivity index (χ4n) is 1.00. The molecule has 1 atom stereocenters. The summed E-state index contributed by atoms with van der Waals surface area (Å²) in [4.78, 5) is 22.5. The summed E-state index contributed by atoms with van der Waals surface area (Å²) in [6, 6.07) is -0.626. The van der Waals surface area contributed by atoms with Gasteiger partial charge in [-0.1, -0.05) is 6.92 Å². The molecule has 0 aromatic heterocycles. The molecule has 0 saturated carbocycles. The highest BCUT2D eigenvalue weighted by molar-refractivity contribution is 5.87. The number of carbonyl (C=O) groups excluding carboxylic acids is 2. The van der Waals surface area contributed by atoms with Crippen LogP contribution in [0.2, 0.25) is 0 Å². The van der Waals surface area contributed by atoms with Gasteiger partial charge in [-0.2, -0.15) is 0 Å². The normalized spacial score (nSPS) is 11.9. The Kier molecular flexibility index (Phi) is 8.46. The summed E-state index contributed by atoms with van der Waals surface area (Å²) < 4.78 is 4.80. The van der Waals surface area contributed by atoms with Crippen molar-refractivity contribution in [2.45, 2.75) is 25.8 Å². The van der Waals surface area contributed by atoms with Crippen LogP contribution in [0.1, 0.15) is 19.8 Å². The summed E-state index contributed by atoms with van der Waals surface area (Å²) in [5, 5.41) is 5.12. The van der Waals surface area contributed by atoms with Crippen molar-refractivity contribution in [3.05, 3.63) is 0 Å². The zero-order valence-corrected chi connectivity index (χ0v) is 9.91. The summed E-state index contributed by atoms with van der Waals surface area (Å²) >= 11 is 0. The number of ether oxygens (including phenoxy) is 1. The minimum atomic E-state index is -0.626. The number of carbonyl (C=O) groups is 2. The minimum absolute atomic E-state index is 0.0283. The SMILES string of the molecule is CCCNC(=O)CNC(=O)C(N)CCOC. The first-order chi connectivity index (χ1) is 7.61. The van der Waals surface area contributed by atoms with Gasteiger partial charge in [0.15, 0.2) is 0 Å². The molecule has 0 saturated heterocycles. The molecule has 0 aliphatic carbocycles. The third-order valence-electron chi connectivity index (χ3n) is 1.97. The highest BCUT2D eigenvalue weighted by Gasteiger charge is 2.13. The average Bonchev–Trinajstić information content (AvgIpc) is 2.30. The van der Waals surface area contributed by atoms with Crippen molar-refractivity contribution in [2.24, 2.45) is 5.73 Å². The lowest BCUT2D eigenvalue weighted by Crippen LogP contribution is -2.45. The molecule has 0 aromatic rings. The van der Waals surface area contributed by atoms with Gasteiger partial charge in [-0.05, 0) is 12.8 Å². The second-order valence-corrected chi connectivity index (χ2v) is 3.46. The average molecular weight is 231 g/mol. The molecule has 0 aromatic carbocycles. The van der Waals surface area contributed by atoms with Gasteiger partial charge in [0.1, 0.15) is 0 Å². The minimum Gasteiger partial charge on any atom is -0.385 e. The molecule has 4 N–H and O–H groups in total. The third kappa shape index (κ3) is 7.19. The van der Waals surface area contributed by atoms with E-state index < -0.39 is 6.04 Å². The molecule has 6 heteroatoms. The van der Waals surface area contributed by atoms with Crippen LogP contribution >= 0.6 is 0 Å². The quantitative estimate of drug-likeness (QED) is 0.499. The first kappa shape index (κ1) is 14.9. The van der Waals surface area contributed by atoms with E-state index >= 15 is 0 Å². The van der Waals surface area contributed by atoms with E-state index in [0.717, 1.165) is 6.42 Å². The molecule has 0 spiro atoms. The fourth-order valence-corrected chi connectivity index (χ4v) is 1.00. The highest BCUT2D eigenvalue weighted by Crippen LogP contribution is 1.88. The smallest absolute Gasteiger partial charge is 0.239 e. The van der Waals surface area contributed by atoms with Crippen molar-refractivity contribution in [3.63, 3.8) is 0 Å². The lowest BCUT2D eigenvalue weighted by molar-refractivity contribution is -0.127. The number of hydrogen-bond acceptors (Lipinski definition) is 4. The standard InChI is InChI=1S/C10H21N3O3/c1-3-5-12-9(14)7-13-10(15)8(11)4-6-16-2/h8H,3-7,11H2,1-2H3,(H,12,14)(H,13,15). The van der Waals surface area contributed by atoms with Crippen molar-refractivity contribution in [1.82, 2.24) is 10.6 Å². The van der Waals surface area contributed by atoms with E-state index in [1.54, 1.807) is 7.11 Å². The summed E-state index contributed by atoms with van der Waals surface area (Å²) in [6.45, 7) is 2.97. The largest absolute Gasteiger partial charge is 0.385 e. The van der Waals surface area contributed by atoms with Gasteiger partial charge in [-0.15, -0.1) is 0 Å². The van der Waals surface area contributed by atoms with Gasteiger partial charge in [0.05, 0.1) is 12.6 Å². The molecular formula is C10H21N3O3. The molecule has 1 unspecified atom stereocenters. The Morgan fingerprint density at radius 1 is 1.38 bits per heavy atom. The second kappa shape index (κ2) is 9.11. The number of methoxy groups -OCH3 is 1. The van der Waals surface area contributed by atoms with Crippen LogP contribution in [0.15, 0.2) is 0 Å². The Bertz CT molecular complexity index is 221.